The third-order valence-electron chi connectivity index (χ3n) is 2.37. The second-order valence-corrected chi connectivity index (χ2v) is 4.60. The summed E-state index contributed by atoms with van der Waals surface area (Å²) in [5.41, 5.74) is 2.40. The first-order valence-electron chi connectivity index (χ1n) is 4.55. The standard InChI is InChI=1S/C11H11BrClN/c1-7(6-12)11-5-8-4-9(13)2-3-10(8)14-11/h2-5,7,14H,6H2,1H3. The van der Waals surface area contributed by atoms with Gasteiger partial charge in [-0.05, 0) is 24.3 Å². The van der Waals surface area contributed by atoms with Gasteiger partial charge in [0.25, 0.3) is 0 Å². The predicted octanol–water partition coefficient (Wildman–Crippen LogP) is 4.32. The number of alkyl halides is 1. The minimum Gasteiger partial charge on any atom is -0.358 e. The fourth-order valence-electron chi connectivity index (χ4n) is 1.47. The highest BCUT2D eigenvalue weighted by atomic mass is 79.9. The van der Waals surface area contributed by atoms with Crippen LogP contribution in [0.5, 0.6) is 0 Å². The van der Waals surface area contributed by atoms with Crippen LogP contribution in [0.3, 0.4) is 0 Å². The Morgan fingerprint density at radius 1 is 1.43 bits per heavy atom. The van der Waals surface area contributed by atoms with Crippen molar-refractivity contribution < 1.29 is 0 Å². The fourth-order valence-corrected chi connectivity index (χ4v) is 2.00. The van der Waals surface area contributed by atoms with Gasteiger partial charge in [0, 0.05) is 32.9 Å². The Balaban J connectivity index is 2.51. The Labute approximate surface area is 96.6 Å². The lowest BCUT2D eigenvalue weighted by atomic mass is 10.1. The van der Waals surface area contributed by atoms with Crippen LogP contribution in [0, 0.1) is 0 Å². The quantitative estimate of drug-likeness (QED) is 0.784. The highest BCUT2D eigenvalue weighted by Crippen LogP contribution is 2.24. The lowest BCUT2D eigenvalue weighted by Gasteiger charge is -2.02. The second kappa shape index (κ2) is 3.95. The summed E-state index contributed by atoms with van der Waals surface area (Å²) in [6.07, 6.45) is 0. The summed E-state index contributed by atoms with van der Waals surface area (Å²) < 4.78 is 0. The van der Waals surface area contributed by atoms with Crippen molar-refractivity contribution in [2.24, 2.45) is 0 Å². The summed E-state index contributed by atoms with van der Waals surface area (Å²) in [6, 6.07) is 8.07. The zero-order valence-electron chi connectivity index (χ0n) is 7.85. The van der Waals surface area contributed by atoms with E-state index in [1.807, 2.05) is 18.2 Å². The lowest BCUT2D eigenvalue weighted by Crippen LogP contribution is -1.93. The van der Waals surface area contributed by atoms with E-state index in [1.54, 1.807) is 0 Å². The van der Waals surface area contributed by atoms with Gasteiger partial charge in [-0.25, -0.2) is 0 Å². The van der Waals surface area contributed by atoms with E-state index in [9.17, 15) is 0 Å². The van der Waals surface area contributed by atoms with E-state index >= 15 is 0 Å². The van der Waals surface area contributed by atoms with Crippen molar-refractivity contribution in [1.82, 2.24) is 4.98 Å². The summed E-state index contributed by atoms with van der Waals surface area (Å²) in [4.78, 5) is 3.38. The molecule has 2 aromatic rings. The van der Waals surface area contributed by atoms with E-state index in [0.717, 1.165) is 15.9 Å². The maximum Gasteiger partial charge on any atom is 0.0457 e. The molecule has 1 atom stereocenters. The number of aromatic amines is 1. The minimum atomic E-state index is 0.501. The van der Waals surface area contributed by atoms with Crippen molar-refractivity contribution in [1.29, 1.82) is 0 Å². The van der Waals surface area contributed by atoms with Crippen LogP contribution in [0.2, 0.25) is 5.02 Å². The zero-order valence-corrected chi connectivity index (χ0v) is 10.2. The minimum absolute atomic E-state index is 0.501. The van der Waals surface area contributed by atoms with E-state index in [4.69, 9.17) is 11.6 Å². The van der Waals surface area contributed by atoms with Crippen LogP contribution in [0.25, 0.3) is 10.9 Å². The van der Waals surface area contributed by atoms with Crippen molar-refractivity contribution in [3.8, 4) is 0 Å². The first-order valence-corrected chi connectivity index (χ1v) is 6.05. The third kappa shape index (κ3) is 1.82. The van der Waals surface area contributed by atoms with E-state index in [0.29, 0.717) is 5.92 Å². The number of H-pyrrole nitrogens is 1. The number of halogens is 2. The number of hydrogen-bond donors (Lipinski definition) is 1. The molecular formula is C11H11BrClN. The summed E-state index contributed by atoms with van der Waals surface area (Å²) in [6.45, 7) is 2.18. The monoisotopic (exact) mass is 271 g/mol. The molecule has 0 saturated carbocycles. The smallest absolute Gasteiger partial charge is 0.0457 e. The summed E-state index contributed by atoms with van der Waals surface area (Å²) in [7, 11) is 0. The molecule has 2 rings (SSSR count). The van der Waals surface area contributed by atoms with Gasteiger partial charge in [0.2, 0.25) is 0 Å². The van der Waals surface area contributed by atoms with Crippen LogP contribution in [0.4, 0.5) is 0 Å². The van der Waals surface area contributed by atoms with Crippen LogP contribution >= 0.6 is 27.5 Å². The number of rotatable bonds is 2. The van der Waals surface area contributed by atoms with Gasteiger partial charge in [-0.1, -0.05) is 34.5 Å². The molecule has 0 aliphatic rings. The molecule has 1 aromatic carbocycles. The zero-order chi connectivity index (χ0) is 10.1. The normalized spacial score (nSPS) is 13.4. The van der Waals surface area contributed by atoms with Crippen molar-refractivity contribution in [3.05, 3.63) is 35.0 Å². The molecule has 14 heavy (non-hydrogen) atoms. The van der Waals surface area contributed by atoms with Gasteiger partial charge in [0.1, 0.15) is 0 Å². The maximum atomic E-state index is 5.92. The Bertz CT molecular complexity index is 449. The van der Waals surface area contributed by atoms with E-state index in [1.165, 1.54) is 11.1 Å². The van der Waals surface area contributed by atoms with Crippen molar-refractivity contribution in [2.75, 3.05) is 5.33 Å². The van der Waals surface area contributed by atoms with Crippen LogP contribution in [-0.4, -0.2) is 10.3 Å². The highest BCUT2D eigenvalue weighted by Gasteiger charge is 2.07. The average molecular weight is 273 g/mol. The summed E-state index contributed by atoms with van der Waals surface area (Å²) in [5, 5.41) is 2.93. The molecule has 0 amide bonds. The molecule has 3 heteroatoms. The van der Waals surface area contributed by atoms with Crippen molar-refractivity contribution in [2.45, 2.75) is 12.8 Å². The molecule has 1 heterocycles. The molecule has 74 valence electrons. The highest BCUT2D eigenvalue weighted by molar-refractivity contribution is 9.09. The Morgan fingerprint density at radius 2 is 2.21 bits per heavy atom. The SMILES string of the molecule is CC(CBr)c1cc2cc(Cl)ccc2[nH]1. The van der Waals surface area contributed by atoms with Crippen molar-refractivity contribution >= 4 is 38.4 Å². The topological polar surface area (TPSA) is 15.8 Å². The third-order valence-corrected chi connectivity index (χ3v) is 3.57. The van der Waals surface area contributed by atoms with Crippen LogP contribution in [0.15, 0.2) is 24.3 Å². The average Bonchev–Trinajstić information content (AvgIpc) is 2.59. The molecule has 0 fully saturated rings. The van der Waals surface area contributed by atoms with Crippen LogP contribution in [-0.2, 0) is 0 Å². The number of hydrogen-bond acceptors (Lipinski definition) is 0. The Kier molecular flexibility index (Phi) is 2.84. The van der Waals surface area contributed by atoms with Gasteiger partial charge in [0.15, 0.2) is 0 Å². The van der Waals surface area contributed by atoms with Gasteiger partial charge in [-0.2, -0.15) is 0 Å². The maximum absolute atomic E-state index is 5.92. The van der Waals surface area contributed by atoms with E-state index < -0.39 is 0 Å². The second-order valence-electron chi connectivity index (χ2n) is 3.51. The van der Waals surface area contributed by atoms with Gasteiger partial charge < -0.3 is 4.98 Å². The molecule has 0 bridgehead atoms. The fraction of sp³-hybridized carbons (Fsp3) is 0.273. The number of fused-ring (bicyclic) bond motifs is 1. The first kappa shape index (κ1) is 10.1. The van der Waals surface area contributed by atoms with Crippen molar-refractivity contribution in [3.63, 3.8) is 0 Å². The van der Waals surface area contributed by atoms with Gasteiger partial charge in [-0.15, -0.1) is 0 Å². The Hall–Kier alpha value is -0.470. The van der Waals surface area contributed by atoms with Crippen LogP contribution < -0.4 is 0 Å². The Morgan fingerprint density at radius 3 is 2.93 bits per heavy atom. The van der Waals surface area contributed by atoms with E-state index in [-0.39, 0.29) is 0 Å². The molecule has 0 aliphatic carbocycles. The molecule has 1 unspecified atom stereocenters. The molecule has 1 nitrogen and oxygen atoms in total. The molecule has 0 radical (unpaired) electrons. The molecule has 0 saturated heterocycles. The van der Waals surface area contributed by atoms with Gasteiger partial charge >= 0.3 is 0 Å². The van der Waals surface area contributed by atoms with Gasteiger partial charge in [-0.3, -0.25) is 0 Å². The molecule has 1 aromatic heterocycles. The lowest BCUT2D eigenvalue weighted by molar-refractivity contribution is 0.856. The largest absolute Gasteiger partial charge is 0.358 e. The summed E-state index contributed by atoms with van der Waals surface area (Å²) >= 11 is 9.40. The summed E-state index contributed by atoms with van der Waals surface area (Å²) in [5.74, 6) is 0.501. The molecule has 0 aliphatic heterocycles. The van der Waals surface area contributed by atoms with Gasteiger partial charge in [0.05, 0.1) is 0 Å². The van der Waals surface area contributed by atoms with E-state index in [2.05, 4.69) is 33.9 Å². The molecule has 0 spiro atoms. The van der Waals surface area contributed by atoms with Crippen LogP contribution in [0.1, 0.15) is 18.5 Å². The number of nitrogens with one attached hydrogen (secondary N) is 1. The number of aromatic nitrogens is 1. The predicted molar refractivity (Wildman–Crippen MR) is 65.5 cm³/mol. The first-order chi connectivity index (χ1) is 6.70. The number of benzene rings is 1. The molecular weight excluding hydrogens is 261 g/mol. The molecule has 1 N–H and O–H groups in total.